The number of aryl methyl sites for hydroxylation is 1. The van der Waals surface area contributed by atoms with Crippen LogP contribution in [0.15, 0.2) is 96.1 Å². The highest BCUT2D eigenvalue weighted by Gasteiger charge is 2.23. The van der Waals surface area contributed by atoms with Crippen molar-refractivity contribution >= 4 is 11.0 Å². The number of aromatic amines is 1. The molecule has 0 amide bonds. The molecule has 6 rings (SSSR count). The van der Waals surface area contributed by atoms with E-state index >= 15 is 0 Å². The summed E-state index contributed by atoms with van der Waals surface area (Å²) in [5, 5.41) is 0. The number of para-hydroxylation sites is 1. The monoisotopic (exact) mass is 622 g/mol. The van der Waals surface area contributed by atoms with Crippen molar-refractivity contribution in [3.63, 3.8) is 0 Å². The molecule has 47 heavy (non-hydrogen) atoms. The molecule has 0 fully saturated rings. The molecule has 0 aliphatic rings. The minimum absolute atomic E-state index is 0.00444. The third-order valence-corrected chi connectivity index (χ3v) is 9.12. The molecule has 5 nitrogen and oxygen atoms in total. The first-order valence-corrected chi connectivity index (χ1v) is 16.4. The van der Waals surface area contributed by atoms with Crippen molar-refractivity contribution in [1.29, 1.82) is 0 Å². The van der Waals surface area contributed by atoms with Gasteiger partial charge in [-0.1, -0.05) is 98.7 Å². The van der Waals surface area contributed by atoms with E-state index in [1.165, 1.54) is 16.7 Å². The van der Waals surface area contributed by atoms with E-state index in [0.29, 0.717) is 11.4 Å². The fourth-order valence-electron chi connectivity index (χ4n) is 6.06. The van der Waals surface area contributed by atoms with Crippen LogP contribution >= 0.6 is 0 Å². The first-order valence-electron chi connectivity index (χ1n) is 16.4. The van der Waals surface area contributed by atoms with Gasteiger partial charge < -0.3 is 9.55 Å². The Bertz CT molecular complexity index is 2130. The van der Waals surface area contributed by atoms with E-state index in [1.54, 1.807) is 0 Å². The first-order chi connectivity index (χ1) is 22.0. The number of nitrogens with one attached hydrogen (secondary N) is 1. The molecule has 0 saturated carbocycles. The number of aromatic nitrogens is 4. The molecular weight excluding hydrogens is 576 g/mol. The Hall–Kier alpha value is -4.77. The van der Waals surface area contributed by atoms with Crippen molar-refractivity contribution < 1.29 is 0 Å². The van der Waals surface area contributed by atoms with Crippen molar-refractivity contribution in [2.24, 2.45) is 7.05 Å². The van der Waals surface area contributed by atoms with Gasteiger partial charge in [-0.15, -0.1) is 0 Å². The van der Waals surface area contributed by atoms with Crippen molar-refractivity contribution in [2.75, 3.05) is 0 Å². The third kappa shape index (κ3) is 6.32. The molecule has 5 heteroatoms. The average Bonchev–Trinajstić information content (AvgIpc) is 3.36. The van der Waals surface area contributed by atoms with E-state index in [2.05, 4.69) is 128 Å². The molecule has 240 valence electrons. The summed E-state index contributed by atoms with van der Waals surface area (Å²) < 4.78 is 2.03. The van der Waals surface area contributed by atoms with Crippen molar-refractivity contribution in [2.45, 2.75) is 78.6 Å². The zero-order valence-electron chi connectivity index (χ0n) is 29.4. The van der Waals surface area contributed by atoms with E-state index in [0.717, 1.165) is 44.5 Å². The summed E-state index contributed by atoms with van der Waals surface area (Å²) in [6.07, 6.45) is 3.65. The number of H-pyrrole nitrogens is 1. The molecule has 6 aromatic rings. The standard InChI is InChI=1S/C42H46N4O/c1-40(2,3)30-21-27(22-31(23-30)41(4,5)6)26-18-28(20-29(19-26)35-15-11-12-17-43-35)33-14-13-16-36-37(33)45-38(46(36)10)34-24-32(42(7,8)9)25-44-39(34)47/h11-25H,1-10H3,(H,44,47). The lowest BCUT2D eigenvalue weighted by molar-refractivity contribution is 0.569. The number of hydrogen-bond acceptors (Lipinski definition) is 3. The molecule has 0 atom stereocenters. The second-order valence-corrected chi connectivity index (χ2v) is 15.9. The van der Waals surface area contributed by atoms with Crippen LogP contribution in [0, 0.1) is 0 Å². The second kappa shape index (κ2) is 11.5. The van der Waals surface area contributed by atoms with Gasteiger partial charge in [0.1, 0.15) is 5.82 Å². The van der Waals surface area contributed by atoms with E-state index in [4.69, 9.17) is 9.97 Å². The van der Waals surface area contributed by atoms with Crippen molar-refractivity contribution in [1.82, 2.24) is 19.5 Å². The minimum atomic E-state index is -0.147. The Morgan fingerprint density at radius 1 is 0.617 bits per heavy atom. The second-order valence-electron chi connectivity index (χ2n) is 15.9. The van der Waals surface area contributed by atoms with E-state index in [9.17, 15) is 4.79 Å². The zero-order valence-corrected chi connectivity index (χ0v) is 29.4. The van der Waals surface area contributed by atoms with Crippen molar-refractivity contribution in [3.05, 3.63) is 118 Å². The average molecular weight is 623 g/mol. The van der Waals surface area contributed by atoms with Crippen LogP contribution in [-0.2, 0) is 23.3 Å². The number of imidazole rings is 1. The molecule has 3 heterocycles. The molecule has 0 radical (unpaired) electrons. The van der Waals surface area contributed by atoms with Crippen LogP contribution in [0.4, 0.5) is 0 Å². The van der Waals surface area contributed by atoms with Gasteiger partial charge in [0, 0.05) is 30.6 Å². The maximum Gasteiger partial charge on any atom is 0.258 e. The summed E-state index contributed by atoms with van der Waals surface area (Å²) in [6.45, 7) is 20.1. The number of hydrogen-bond donors (Lipinski definition) is 1. The maximum absolute atomic E-state index is 13.2. The summed E-state index contributed by atoms with van der Waals surface area (Å²) in [5.41, 5.74) is 12.1. The zero-order chi connectivity index (χ0) is 33.9. The number of nitrogens with zero attached hydrogens (tertiary/aromatic N) is 3. The van der Waals surface area contributed by atoms with Gasteiger partial charge in [-0.3, -0.25) is 9.78 Å². The van der Waals surface area contributed by atoms with Gasteiger partial charge in [-0.2, -0.15) is 0 Å². The molecule has 3 aromatic carbocycles. The van der Waals surface area contributed by atoms with Gasteiger partial charge in [0.2, 0.25) is 0 Å². The van der Waals surface area contributed by atoms with Crippen LogP contribution in [0.25, 0.3) is 55.9 Å². The Kier molecular flexibility index (Phi) is 7.86. The Morgan fingerprint density at radius 3 is 1.85 bits per heavy atom. The molecule has 0 bridgehead atoms. The predicted molar refractivity (Wildman–Crippen MR) is 197 cm³/mol. The quantitative estimate of drug-likeness (QED) is 0.213. The van der Waals surface area contributed by atoms with Gasteiger partial charge in [0.25, 0.3) is 5.56 Å². The van der Waals surface area contributed by atoms with Gasteiger partial charge in [-0.05, 0) is 92.1 Å². The van der Waals surface area contributed by atoms with E-state index < -0.39 is 0 Å². The lowest BCUT2D eigenvalue weighted by atomic mass is 9.78. The summed E-state index contributed by atoms with van der Waals surface area (Å²) in [6, 6.07) is 28.1. The van der Waals surface area contributed by atoms with Gasteiger partial charge in [0.15, 0.2) is 0 Å². The number of fused-ring (bicyclic) bond motifs is 1. The SMILES string of the molecule is Cn1c(-c2cc(C(C)(C)C)c[nH]c2=O)nc2c(-c3cc(-c4cc(C(C)(C)C)cc(C(C)(C)C)c4)cc(-c4ccccn4)c3)cccc21. The molecule has 1 N–H and O–H groups in total. The Labute approximate surface area is 278 Å². The summed E-state index contributed by atoms with van der Waals surface area (Å²) >= 11 is 0. The first kappa shape index (κ1) is 32.2. The van der Waals surface area contributed by atoms with Crippen LogP contribution in [0.3, 0.4) is 0 Å². The fourth-order valence-corrected chi connectivity index (χ4v) is 6.06. The molecule has 0 aliphatic carbocycles. The van der Waals surface area contributed by atoms with E-state index in [-0.39, 0.29) is 21.8 Å². The van der Waals surface area contributed by atoms with E-state index in [1.807, 2.05) is 42.2 Å². The topological polar surface area (TPSA) is 63.6 Å². The fraction of sp³-hybridized carbons (Fsp3) is 0.310. The lowest BCUT2D eigenvalue weighted by Gasteiger charge is -2.26. The number of rotatable bonds is 4. The predicted octanol–water partition coefficient (Wildman–Crippen LogP) is 10.2. The smallest absolute Gasteiger partial charge is 0.258 e. The van der Waals surface area contributed by atoms with Crippen LogP contribution in [0.2, 0.25) is 0 Å². The van der Waals surface area contributed by atoms with Gasteiger partial charge in [0.05, 0.1) is 22.3 Å². The third-order valence-electron chi connectivity index (χ3n) is 9.12. The van der Waals surface area contributed by atoms with Gasteiger partial charge in [-0.25, -0.2) is 4.98 Å². The van der Waals surface area contributed by atoms with Crippen LogP contribution in [-0.4, -0.2) is 19.5 Å². The number of benzene rings is 3. The summed E-state index contributed by atoms with van der Waals surface area (Å²) in [7, 11) is 1.99. The minimum Gasteiger partial charge on any atom is -0.328 e. The molecule has 3 aromatic heterocycles. The normalized spacial score (nSPS) is 12.6. The highest BCUT2D eigenvalue weighted by atomic mass is 16.1. The maximum atomic E-state index is 13.2. The molecule has 0 spiro atoms. The summed E-state index contributed by atoms with van der Waals surface area (Å²) in [4.78, 5) is 26.0. The van der Waals surface area contributed by atoms with Crippen LogP contribution < -0.4 is 5.56 Å². The highest BCUT2D eigenvalue weighted by Crippen LogP contribution is 2.39. The van der Waals surface area contributed by atoms with Crippen molar-refractivity contribution in [3.8, 4) is 44.9 Å². The Morgan fingerprint density at radius 2 is 1.23 bits per heavy atom. The number of pyridine rings is 2. The van der Waals surface area contributed by atoms with Crippen LogP contribution in [0.1, 0.15) is 79.0 Å². The largest absolute Gasteiger partial charge is 0.328 e. The lowest BCUT2D eigenvalue weighted by Crippen LogP contribution is -2.17. The highest BCUT2D eigenvalue weighted by molar-refractivity contribution is 5.96. The molecule has 0 unspecified atom stereocenters. The van der Waals surface area contributed by atoms with Crippen LogP contribution in [0.5, 0.6) is 0 Å². The molecule has 0 saturated heterocycles. The molecule has 0 aliphatic heterocycles. The summed E-state index contributed by atoms with van der Waals surface area (Å²) in [5.74, 6) is 0.647. The Balaban J connectivity index is 1.61. The molecular formula is C42H46N4O. The van der Waals surface area contributed by atoms with Gasteiger partial charge >= 0.3 is 0 Å².